The molecule has 0 radical (unpaired) electrons. The smallest absolute Gasteiger partial charge is 0.328 e. The summed E-state index contributed by atoms with van der Waals surface area (Å²) in [4.78, 5) is 24.8. The molecule has 1 heterocycles. The molecule has 0 aliphatic heterocycles. The predicted molar refractivity (Wildman–Crippen MR) is 131 cm³/mol. The van der Waals surface area contributed by atoms with E-state index in [1.165, 1.54) is 17.4 Å². The fourth-order valence-electron chi connectivity index (χ4n) is 3.68. The number of carbonyl (C=O) groups excluding carboxylic acids is 1. The number of carboxylic acids is 1. The van der Waals surface area contributed by atoms with Crippen molar-refractivity contribution in [2.75, 3.05) is 0 Å². The zero-order chi connectivity index (χ0) is 23.7. The first kappa shape index (κ1) is 22.3. The Morgan fingerprint density at radius 3 is 2.42 bits per heavy atom. The second kappa shape index (κ2) is 8.92. The lowest BCUT2D eigenvalue weighted by molar-refractivity contribution is -0.131. The number of aliphatic carboxylic acids is 1. The molecule has 4 aromatic rings. The third-order valence-electron chi connectivity index (χ3n) is 5.33. The Balaban J connectivity index is 1.79. The molecule has 0 bridgehead atoms. The predicted octanol–water partition coefficient (Wildman–Crippen LogP) is 6.65. The molecule has 4 rings (SSSR count). The first-order valence-electron chi connectivity index (χ1n) is 10.3. The fourth-order valence-corrected chi connectivity index (χ4v) is 4.80. The molecule has 0 saturated heterocycles. The zero-order valence-electron chi connectivity index (χ0n) is 18.4. The number of fused-ring (bicyclic) bond motifs is 1. The Morgan fingerprint density at radius 1 is 0.939 bits per heavy atom. The highest BCUT2D eigenvalue weighted by Gasteiger charge is 2.23. The number of hydrogen-bond acceptors (Lipinski definition) is 5. The molecule has 0 atom stereocenters. The number of aryl methyl sites for hydroxylation is 3. The Hall–Kier alpha value is -3.90. The minimum absolute atomic E-state index is 0.117. The molecule has 0 saturated carbocycles. The van der Waals surface area contributed by atoms with Crippen LogP contribution in [0.5, 0.6) is 17.2 Å². The number of aromatic hydroxyl groups is 1. The largest absolute Gasteiger partial charge is 0.508 e. The summed E-state index contributed by atoms with van der Waals surface area (Å²) in [6.45, 7) is 5.75. The average Bonchev–Trinajstić information content (AvgIpc) is 3.10. The molecule has 0 amide bonds. The number of thiophene rings is 1. The van der Waals surface area contributed by atoms with Gasteiger partial charge in [-0.2, -0.15) is 0 Å². The highest BCUT2D eigenvalue weighted by molar-refractivity contribution is 7.21. The summed E-state index contributed by atoms with van der Waals surface area (Å²) >= 11 is 1.28. The maximum Gasteiger partial charge on any atom is 0.328 e. The van der Waals surface area contributed by atoms with Gasteiger partial charge in [0.1, 0.15) is 16.4 Å². The van der Waals surface area contributed by atoms with Crippen molar-refractivity contribution in [2.24, 2.45) is 0 Å². The van der Waals surface area contributed by atoms with Gasteiger partial charge in [-0.25, -0.2) is 4.79 Å². The Morgan fingerprint density at radius 2 is 1.73 bits per heavy atom. The number of benzene rings is 3. The number of hydrogen-bond donors (Lipinski definition) is 2. The summed E-state index contributed by atoms with van der Waals surface area (Å²) in [7, 11) is 0. The monoisotopic (exact) mass is 458 g/mol. The third kappa shape index (κ3) is 4.66. The minimum atomic E-state index is -1.02. The van der Waals surface area contributed by atoms with Crippen molar-refractivity contribution in [3.8, 4) is 17.2 Å². The molecule has 0 aliphatic rings. The van der Waals surface area contributed by atoms with Crippen LogP contribution in [-0.2, 0) is 4.79 Å². The van der Waals surface area contributed by atoms with Crippen molar-refractivity contribution in [3.05, 3.63) is 93.4 Å². The number of phenols is 1. The summed E-state index contributed by atoms with van der Waals surface area (Å²) in [5, 5.41) is 19.5. The topological polar surface area (TPSA) is 83.8 Å². The molecule has 5 nitrogen and oxygen atoms in total. The summed E-state index contributed by atoms with van der Waals surface area (Å²) in [6.07, 6.45) is 2.61. The van der Waals surface area contributed by atoms with E-state index in [2.05, 4.69) is 0 Å². The van der Waals surface area contributed by atoms with Crippen LogP contribution in [0.15, 0.2) is 60.7 Å². The van der Waals surface area contributed by atoms with E-state index in [0.29, 0.717) is 21.9 Å². The summed E-state index contributed by atoms with van der Waals surface area (Å²) in [5.74, 6) is -0.0694. The lowest BCUT2D eigenvalue weighted by Gasteiger charge is -2.11. The zero-order valence-corrected chi connectivity index (χ0v) is 19.2. The van der Waals surface area contributed by atoms with E-state index in [-0.39, 0.29) is 11.5 Å². The normalized spacial score (nSPS) is 11.2. The molecular formula is C27H22O5S. The van der Waals surface area contributed by atoms with Crippen molar-refractivity contribution in [2.45, 2.75) is 20.8 Å². The number of ether oxygens (including phenoxy) is 1. The Kier molecular flexibility index (Phi) is 6.03. The fraction of sp³-hybridized carbons (Fsp3) is 0.111. The van der Waals surface area contributed by atoms with Crippen LogP contribution in [0.4, 0.5) is 0 Å². The van der Waals surface area contributed by atoms with E-state index in [1.807, 2.05) is 39.0 Å². The molecule has 1 aromatic heterocycles. The molecule has 166 valence electrons. The average molecular weight is 459 g/mol. The molecule has 0 fully saturated rings. The maximum absolute atomic E-state index is 13.5. The van der Waals surface area contributed by atoms with Crippen molar-refractivity contribution >= 4 is 39.3 Å². The van der Waals surface area contributed by atoms with Crippen molar-refractivity contribution in [3.63, 3.8) is 0 Å². The number of carbonyl (C=O) groups is 2. The van der Waals surface area contributed by atoms with E-state index >= 15 is 0 Å². The van der Waals surface area contributed by atoms with E-state index in [0.717, 1.165) is 38.4 Å². The molecule has 3 aromatic carbocycles. The molecule has 33 heavy (non-hydrogen) atoms. The van der Waals surface area contributed by atoms with Gasteiger partial charge in [0.05, 0.1) is 0 Å². The van der Waals surface area contributed by atoms with Gasteiger partial charge >= 0.3 is 5.97 Å². The van der Waals surface area contributed by atoms with Crippen LogP contribution in [-0.4, -0.2) is 22.0 Å². The van der Waals surface area contributed by atoms with Gasteiger partial charge in [-0.1, -0.05) is 29.8 Å². The quantitative estimate of drug-likeness (QED) is 0.249. The maximum atomic E-state index is 13.5. The van der Waals surface area contributed by atoms with Crippen LogP contribution >= 0.6 is 11.3 Å². The molecular weight excluding hydrogens is 436 g/mol. The van der Waals surface area contributed by atoms with Gasteiger partial charge in [-0.3, -0.25) is 4.79 Å². The summed E-state index contributed by atoms with van der Waals surface area (Å²) in [5.41, 5.74) is 4.17. The van der Waals surface area contributed by atoms with Crippen LogP contribution < -0.4 is 4.74 Å². The second-order valence-electron chi connectivity index (χ2n) is 7.88. The summed E-state index contributed by atoms with van der Waals surface area (Å²) in [6, 6.07) is 16.0. The highest BCUT2D eigenvalue weighted by atomic mass is 32.1. The van der Waals surface area contributed by atoms with Crippen molar-refractivity contribution in [1.29, 1.82) is 0 Å². The lowest BCUT2D eigenvalue weighted by Crippen LogP contribution is -2.03. The van der Waals surface area contributed by atoms with Gasteiger partial charge < -0.3 is 14.9 Å². The molecule has 0 unspecified atom stereocenters. The first-order chi connectivity index (χ1) is 15.7. The van der Waals surface area contributed by atoms with Crippen LogP contribution in [0, 0.1) is 20.8 Å². The minimum Gasteiger partial charge on any atom is -0.508 e. The van der Waals surface area contributed by atoms with Crippen LogP contribution in [0.1, 0.15) is 37.5 Å². The third-order valence-corrected chi connectivity index (χ3v) is 6.46. The number of carboxylic acid groups (broad SMARTS) is 1. The molecule has 0 aliphatic carbocycles. The van der Waals surface area contributed by atoms with Crippen LogP contribution in [0.2, 0.25) is 0 Å². The van der Waals surface area contributed by atoms with Gasteiger partial charge in [-0.15, -0.1) is 11.3 Å². The lowest BCUT2D eigenvalue weighted by atomic mass is 10.0. The standard InChI is InChI=1S/C27H22O5S/c1-15-4-9-21(17(3)12-15)25(31)27-26(22-10-7-19(28)14-23(22)33-27)32-20-8-5-18(16(2)13-20)6-11-24(29)30/h4-14,28H,1-3H3,(H,29,30)/b11-6+. The van der Waals surface area contributed by atoms with E-state index in [4.69, 9.17) is 9.84 Å². The molecule has 0 spiro atoms. The first-order valence-corrected chi connectivity index (χ1v) is 11.1. The van der Waals surface area contributed by atoms with Gasteiger partial charge in [0.15, 0.2) is 5.75 Å². The van der Waals surface area contributed by atoms with Crippen molar-refractivity contribution in [1.82, 2.24) is 0 Å². The SMILES string of the molecule is Cc1ccc(C(=O)c2sc3cc(O)ccc3c2Oc2ccc(/C=C/C(=O)O)c(C)c2)c(C)c1. The van der Waals surface area contributed by atoms with Gasteiger partial charge in [0.25, 0.3) is 0 Å². The molecule has 6 heteroatoms. The van der Waals surface area contributed by atoms with E-state index < -0.39 is 5.97 Å². The number of phenolic OH excluding ortho intramolecular Hbond substituents is 1. The van der Waals surface area contributed by atoms with Gasteiger partial charge in [0.2, 0.25) is 5.78 Å². The summed E-state index contributed by atoms with van der Waals surface area (Å²) < 4.78 is 6.98. The highest BCUT2D eigenvalue weighted by Crippen LogP contribution is 2.43. The van der Waals surface area contributed by atoms with Crippen molar-refractivity contribution < 1.29 is 24.5 Å². The Labute approximate surface area is 195 Å². The Bertz CT molecular complexity index is 1430. The number of ketones is 1. The second-order valence-corrected chi connectivity index (χ2v) is 8.93. The van der Waals surface area contributed by atoms with E-state index in [1.54, 1.807) is 36.4 Å². The van der Waals surface area contributed by atoms with Gasteiger partial charge in [0, 0.05) is 21.7 Å². The van der Waals surface area contributed by atoms with Gasteiger partial charge in [-0.05, 0) is 73.9 Å². The van der Waals surface area contributed by atoms with Crippen LogP contribution in [0.3, 0.4) is 0 Å². The van der Waals surface area contributed by atoms with Crippen LogP contribution in [0.25, 0.3) is 16.2 Å². The van der Waals surface area contributed by atoms with E-state index in [9.17, 15) is 14.7 Å². The number of rotatable bonds is 6. The molecule has 2 N–H and O–H groups in total.